The summed E-state index contributed by atoms with van der Waals surface area (Å²) in [4.78, 5) is 0. The largest absolute Gasteiger partial charge is 0.310 e. The molecule has 1 aliphatic carbocycles. The van der Waals surface area contributed by atoms with Crippen LogP contribution < -0.4 is 5.32 Å². The van der Waals surface area contributed by atoms with Crippen LogP contribution in [0.3, 0.4) is 0 Å². The molecule has 1 unspecified atom stereocenters. The van der Waals surface area contributed by atoms with E-state index in [4.69, 9.17) is 0 Å². The van der Waals surface area contributed by atoms with Gasteiger partial charge in [-0.05, 0) is 37.3 Å². The van der Waals surface area contributed by atoms with Crippen molar-refractivity contribution in [2.45, 2.75) is 25.3 Å². The van der Waals surface area contributed by atoms with Crippen molar-refractivity contribution in [1.82, 2.24) is 5.32 Å². The fourth-order valence-corrected chi connectivity index (χ4v) is 2.91. The molecular weight excluding hydrogens is 246 g/mol. The first-order valence-electron chi connectivity index (χ1n) is 6.52. The molecule has 0 radical (unpaired) electrons. The second kappa shape index (κ2) is 5.85. The monoisotopic (exact) mass is 267 g/mol. The van der Waals surface area contributed by atoms with Crippen LogP contribution in [0.15, 0.2) is 30.3 Å². The molecule has 0 amide bonds. The second-order valence-corrected chi connectivity index (χ2v) is 7.42. The Morgan fingerprint density at radius 2 is 1.94 bits per heavy atom. The molecule has 0 aromatic heterocycles. The van der Waals surface area contributed by atoms with Gasteiger partial charge in [0.05, 0.1) is 5.75 Å². The van der Waals surface area contributed by atoms with Crippen molar-refractivity contribution in [2.75, 3.05) is 18.6 Å². The van der Waals surface area contributed by atoms with Crippen LogP contribution in [0.2, 0.25) is 0 Å². The maximum Gasteiger partial charge on any atom is 0.147 e. The van der Waals surface area contributed by atoms with E-state index in [0.29, 0.717) is 12.5 Å². The third-order valence-electron chi connectivity index (χ3n) is 3.31. The highest BCUT2D eigenvalue weighted by Crippen LogP contribution is 2.40. The van der Waals surface area contributed by atoms with Gasteiger partial charge in [0.1, 0.15) is 9.84 Å². The highest BCUT2D eigenvalue weighted by molar-refractivity contribution is 7.90. The van der Waals surface area contributed by atoms with Crippen LogP contribution in [0.1, 0.15) is 30.9 Å². The van der Waals surface area contributed by atoms with Crippen LogP contribution in [0.25, 0.3) is 0 Å². The van der Waals surface area contributed by atoms with Gasteiger partial charge < -0.3 is 5.32 Å². The van der Waals surface area contributed by atoms with Gasteiger partial charge in [-0.1, -0.05) is 30.3 Å². The standard InChI is InChI=1S/C14H21NO2S/c1-18(16,17)11-5-10-15-14(13-8-9-13)12-6-3-2-4-7-12/h2-4,6-7,13-15H,5,8-11H2,1H3. The lowest BCUT2D eigenvalue weighted by Crippen LogP contribution is -2.25. The normalized spacial score (nSPS) is 17.6. The molecule has 0 spiro atoms. The Balaban J connectivity index is 1.85. The third-order valence-corrected chi connectivity index (χ3v) is 4.34. The predicted octanol–water partition coefficient (Wildman–Crippen LogP) is 2.16. The number of benzene rings is 1. The highest BCUT2D eigenvalue weighted by atomic mass is 32.2. The van der Waals surface area contributed by atoms with Gasteiger partial charge in [-0.2, -0.15) is 0 Å². The van der Waals surface area contributed by atoms with Gasteiger partial charge in [0.25, 0.3) is 0 Å². The van der Waals surface area contributed by atoms with E-state index in [0.717, 1.165) is 12.5 Å². The lowest BCUT2D eigenvalue weighted by atomic mass is 10.0. The highest BCUT2D eigenvalue weighted by Gasteiger charge is 2.31. The van der Waals surface area contributed by atoms with E-state index >= 15 is 0 Å². The molecule has 1 aliphatic rings. The first kappa shape index (κ1) is 13.6. The maximum absolute atomic E-state index is 11.1. The second-order valence-electron chi connectivity index (χ2n) is 5.16. The van der Waals surface area contributed by atoms with Gasteiger partial charge in [0, 0.05) is 12.3 Å². The van der Waals surface area contributed by atoms with Crippen molar-refractivity contribution in [1.29, 1.82) is 0 Å². The number of hydrogen-bond donors (Lipinski definition) is 1. The summed E-state index contributed by atoms with van der Waals surface area (Å²) in [5.41, 5.74) is 1.32. The van der Waals surface area contributed by atoms with E-state index < -0.39 is 9.84 Å². The van der Waals surface area contributed by atoms with Crippen molar-refractivity contribution in [3.05, 3.63) is 35.9 Å². The molecule has 1 N–H and O–H groups in total. The minimum absolute atomic E-state index is 0.270. The van der Waals surface area contributed by atoms with E-state index in [2.05, 4.69) is 29.6 Å². The van der Waals surface area contributed by atoms with Gasteiger partial charge in [0.15, 0.2) is 0 Å². The van der Waals surface area contributed by atoms with Gasteiger partial charge in [0.2, 0.25) is 0 Å². The number of nitrogens with one attached hydrogen (secondary N) is 1. The maximum atomic E-state index is 11.1. The summed E-state index contributed by atoms with van der Waals surface area (Å²) in [5.74, 6) is 0.997. The Morgan fingerprint density at radius 1 is 1.28 bits per heavy atom. The molecule has 1 saturated carbocycles. The summed E-state index contributed by atoms with van der Waals surface area (Å²) in [7, 11) is -2.83. The summed E-state index contributed by atoms with van der Waals surface area (Å²) in [6.45, 7) is 0.767. The lowest BCUT2D eigenvalue weighted by Gasteiger charge is -2.18. The average molecular weight is 267 g/mol. The summed E-state index contributed by atoms with van der Waals surface area (Å²) in [5, 5.41) is 3.51. The third kappa shape index (κ3) is 4.42. The first-order chi connectivity index (χ1) is 8.56. The van der Waals surface area contributed by atoms with Crippen LogP contribution >= 0.6 is 0 Å². The van der Waals surface area contributed by atoms with E-state index in [-0.39, 0.29) is 5.75 Å². The van der Waals surface area contributed by atoms with Gasteiger partial charge in [-0.3, -0.25) is 0 Å². The zero-order chi connectivity index (χ0) is 13.0. The molecular formula is C14H21NO2S. The van der Waals surface area contributed by atoms with Gasteiger partial charge >= 0.3 is 0 Å². The molecule has 100 valence electrons. The van der Waals surface area contributed by atoms with E-state index in [9.17, 15) is 8.42 Å². The Bertz CT molecular complexity index is 466. The van der Waals surface area contributed by atoms with Crippen molar-refractivity contribution < 1.29 is 8.42 Å². The van der Waals surface area contributed by atoms with Crippen molar-refractivity contribution in [2.24, 2.45) is 5.92 Å². The van der Waals surface area contributed by atoms with Crippen LogP contribution in [0, 0.1) is 5.92 Å². The fraction of sp³-hybridized carbons (Fsp3) is 0.571. The van der Waals surface area contributed by atoms with Crippen molar-refractivity contribution >= 4 is 9.84 Å². The van der Waals surface area contributed by atoms with E-state index in [1.165, 1.54) is 24.7 Å². The van der Waals surface area contributed by atoms with Crippen molar-refractivity contribution in [3.63, 3.8) is 0 Å². The molecule has 1 aromatic rings. The minimum Gasteiger partial charge on any atom is -0.310 e. The van der Waals surface area contributed by atoms with Crippen molar-refractivity contribution in [3.8, 4) is 0 Å². The SMILES string of the molecule is CS(=O)(=O)CCCNC(c1ccccc1)C1CC1. The van der Waals surface area contributed by atoms with Crippen LogP contribution in [0.4, 0.5) is 0 Å². The Kier molecular flexibility index (Phi) is 4.40. The predicted molar refractivity (Wildman–Crippen MR) is 74.2 cm³/mol. The minimum atomic E-state index is -2.83. The molecule has 0 heterocycles. The van der Waals surface area contributed by atoms with E-state index in [1.807, 2.05) is 6.07 Å². The summed E-state index contributed by atoms with van der Waals surface area (Å²) in [6, 6.07) is 10.8. The number of sulfone groups is 1. The molecule has 1 aromatic carbocycles. The van der Waals surface area contributed by atoms with Gasteiger partial charge in [-0.15, -0.1) is 0 Å². The first-order valence-corrected chi connectivity index (χ1v) is 8.58. The number of rotatable bonds is 7. The molecule has 2 rings (SSSR count). The summed E-state index contributed by atoms with van der Waals surface area (Å²) < 4.78 is 22.1. The zero-order valence-electron chi connectivity index (χ0n) is 10.8. The quantitative estimate of drug-likeness (QED) is 0.770. The topological polar surface area (TPSA) is 46.2 Å². The zero-order valence-corrected chi connectivity index (χ0v) is 11.6. The van der Waals surface area contributed by atoms with Crippen LogP contribution in [0.5, 0.6) is 0 Å². The molecule has 4 heteroatoms. The molecule has 18 heavy (non-hydrogen) atoms. The fourth-order valence-electron chi connectivity index (χ4n) is 2.24. The molecule has 1 fully saturated rings. The molecule has 1 atom stereocenters. The Morgan fingerprint density at radius 3 is 2.50 bits per heavy atom. The van der Waals surface area contributed by atoms with Crippen LogP contribution in [-0.4, -0.2) is 27.0 Å². The number of hydrogen-bond acceptors (Lipinski definition) is 3. The lowest BCUT2D eigenvalue weighted by molar-refractivity contribution is 0.480. The smallest absolute Gasteiger partial charge is 0.147 e. The summed E-state index contributed by atoms with van der Waals surface area (Å²) in [6.07, 6.45) is 4.54. The average Bonchev–Trinajstić information content (AvgIpc) is 3.13. The molecule has 0 bridgehead atoms. The Labute approximate surface area is 110 Å². The molecule has 0 aliphatic heterocycles. The molecule has 3 nitrogen and oxygen atoms in total. The Hall–Kier alpha value is -0.870. The van der Waals surface area contributed by atoms with Crippen LogP contribution in [-0.2, 0) is 9.84 Å². The molecule has 0 saturated heterocycles. The summed E-state index contributed by atoms with van der Waals surface area (Å²) >= 11 is 0. The van der Waals surface area contributed by atoms with Gasteiger partial charge in [-0.25, -0.2) is 8.42 Å². The van der Waals surface area contributed by atoms with E-state index in [1.54, 1.807) is 0 Å².